The van der Waals surface area contributed by atoms with Crippen LogP contribution in [-0.4, -0.2) is 35.0 Å². The van der Waals surface area contributed by atoms with E-state index in [4.69, 9.17) is 0 Å². The van der Waals surface area contributed by atoms with Gasteiger partial charge in [-0.3, -0.25) is 9.59 Å². The molecular weight excluding hydrogens is 358 g/mol. The van der Waals surface area contributed by atoms with Crippen molar-refractivity contribution in [3.8, 4) is 0 Å². The molecule has 2 unspecified atom stereocenters. The van der Waals surface area contributed by atoms with Gasteiger partial charge >= 0.3 is 5.97 Å². The Bertz CT molecular complexity index is 774. The second-order valence-corrected chi connectivity index (χ2v) is 7.08. The number of fused-ring (bicyclic) bond motifs is 1. The minimum absolute atomic E-state index is 0.0227. The third kappa shape index (κ3) is 3.24. The van der Waals surface area contributed by atoms with Crippen molar-refractivity contribution < 1.29 is 14.7 Å². The second kappa shape index (κ2) is 6.32. The Labute approximate surface area is 143 Å². The van der Waals surface area contributed by atoms with E-state index in [9.17, 15) is 14.7 Å². The monoisotopic (exact) mass is 375 g/mol. The number of nitrogens with zero attached hydrogens (tertiary/aromatic N) is 1. The van der Waals surface area contributed by atoms with Crippen LogP contribution < -0.4 is 0 Å². The number of carboxylic acids is 1. The molecule has 4 nitrogen and oxygen atoms in total. The van der Waals surface area contributed by atoms with E-state index >= 15 is 0 Å². The van der Waals surface area contributed by atoms with E-state index in [1.807, 2.05) is 43.3 Å². The van der Waals surface area contributed by atoms with Crippen LogP contribution in [0.4, 0.5) is 0 Å². The van der Waals surface area contributed by atoms with Crippen LogP contribution in [0.2, 0.25) is 0 Å². The van der Waals surface area contributed by atoms with Crippen molar-refractivity contribution in [2.24, 2.45) is 11.8 Å². The molecule has 0 aromatic heterocycles. The fourth-order valence-corrected chi connectivity index (χ4v) is 3.61. The first-order valence-corrected chi connectivity index (χ1v) is 8.46. The zero-order valence-corrected chi connectivity index (χ0v) is 14.4. The van der Waals surface area contributed by atoms with Crippen LogP contribution >= 0.6 is 15.9 Å². The summed E-state index contributed by atoms with van der Waals surface area (Å²) in [5, 5.41) is 11.3. The minimum atomic E-state index is -0.763. The van der Waals surface area contributed by atoms with Gasteiger partial charge in [-0.05, 0) is 47.4 Å². The lowest BCUT2D eigenvalue weighted by Gasteiger charge is -2.35. The highest BCUT2D eigenvalue weighted by Gasteiger charge is 2.33. The maximum Gasteiger partial charge on any atom is 0.306 e. The molecule has 3 rings (SSSR count). The largest absolute Gasteiger partial charge is 0.481 e. The van der Waals surface area contributed by atoms with Gasteiger partial charge in [0.05, 0.1) is 5.92 Å². The summed E-state index contributed by atoms with van der Waals surface area (Å²) >= 11 is 3.44. The maximum atomic E-state index is 12.7. The first-order valence-electron chi connectivity index (χ1n) is 7.67. The average Bonchev–Trinajstić information content (AvgIpc) is 2.53. The van der Waals surface area contributed by atoms with Gasteiger partial charge in [-0.15, -0.1) is 0 Å². The molecule has 2 atom stereocenters. The van der Waals surface area contributed by atoms with Crippen LogP contribution in [0.5, 0.6) is 0 Å². The van der Waals surface area contributed by atoms with E-state index in [0.29, 0.717) is 25.1 Å². The normalized spacial score (nSPS) is 21.4. The van der Waals surface area contributed by atoms with E-state index < -0.39 is 5.97 Å². The Morgan fingerprint density at radius 2 is 1.87 bits per heavy atom. The molecule has 120 valence electrons. The summed E-state index contributed by atoms with van der Waals surface area (Å²) in [4.78, 5) is 25.6. The smallest absolute Gasteiger partial charge is 0.306 e. The molecule has 1 N–H and O–H groups in total. The van der Waals surface area contributed by atoms with Crippen molar-refractivity contribution in [3.63, 3.8) is 0 Å². The van der Waals surface area contributed by atoms with E-state index in [-0.39, 0.29) is 17.7 Å². The molecule has 0 spiro atoms. The predicted molar refractivity (Wildman–Crippen MR) is 92.5 cm³/mol. The first-order chi connectivity index (χ1) is 11.0. The van der Waals surface area contributed by atoms with Crippen molar-refractivity contribution in [1.82, 2.24) is 4.90 Å². The molecule has 2 aromatic rings. The van der Waals surface area contributed by atoms with Gasteiger partial charge < -0.3 is 10.0 Å². The van der Waals surface area contributed by atoms with Crippen LogP contribution in [-0.2, 0) is 4.79 Å². The molecule has 5 heteroatoms. The molecule has 0 saturated carbocycles. The van der Waals surface area contributed by atoms with Crippen LogP contribution in [0, 0.1) is 11.8 Å². The van der Waals surface area contributed by atoms with Gasteiger partial charge in [0.2, 0.25) is 0 Å². The summed E-state index contributed by atoms with van der Waals surface area (Å²) in [6.45, 7) is 2.89. The second-order valence-electron chi connectivity index (χ2n) is 6.17. The highest BCUT2D eigenvalue weighted by atomic mass is 79.9. The molecule has 0 bridgehead atoms. The lowest BCUT2D eigenvalue weighted by atomic mass is 9.87. The van der Waals surface area contributed by atoms with Gasteiger partial charge in [0.25, 0.3) is 5.91 Å². The molecule has 2 aromatic carbocycles. The summed E-state index contributed by atoms with van der Waals surface area (Å²) in [6, 6.07) is 11.6. The van der Waals surface area contributed by atoms with E-state index in [1.54, 1.807) is 4.90 Å². The molecule has 0 aliphatic carbocycles. The maximum absolute atomic E-state index is 12.7. The third-order valence-corrected chi connectivity index (χ3v) is 5.05. The van der Waals surface area contributed by atoms with Crippen LogP contribution in [0.3, 0.4) is 0 Å². The van der Waals surface area contributed by atoms with Gasteiger partial charge in [-0.1, -0.05) is 35.0 Å². The number of aliphatic carboxylic acids is 1. The van der Waals surface area contributed by atoms with Crippen LogP contribution in [0.15, 0.2) is 40.9 Å². The number of carbonyl (C=O) groups excluding carboxylic acids is 1. The third-order valence-electron chi connectivity index (χ3n) is 4.56. The molecule has 1 fully saturated rings. The predicted octanol–water partition coefficient (Wildman–Crippen LogP) is 3.79. The Morgan fingerprint density at radius 1 is 1.17 bits per heavy atom. The minimum Gasteiger partial charge on any atom is -0.481 e. The Balaban J connectivity index is 1.81. The summed E-state index contributed by atoms with van der Waals surface area (Å²) < 4.78 is 1.01. The quantitative estimate of drug-likeness (QED) is 0.868. The highest BCUT2D eigenvalue weighted by Crippen LogP contribution is 2.26. The molecule has 1 aliphatic heterocycles. The van der Waals surface area contributed by atoms with Crippen LogP contribution in [0.1, 0.15) is 23.7 Å². The Kier molecular flexibility index (Phi) is 4.39. The molecule has 1 saturated heterocycles. The number of piperidine rings is 1. The van der Waals surface area contributed by atoms with Gasteiger partial charge in [-0.2, -0.15) is 0 Å². The zero-order chi connectivity index (χ0) is 16.6. The molecule has 1 heterocycles. The van der Waals surface area contributed by atoms with Crippen molar-refractivity contribution in [3.05, 3.63) is 46.4 Å². The molecular formula is C18H18BrNO3. The number of halogens is 1. The first kappa shape index (κ1) is 16.0. The Hall–Kier alpha value is -1.88. The van der Waals surface area contributed by atoms with Crippen molar-refractivity contribution >= 4 is 38.6 Å². The summed E-state index contributed by atoms with van der Waals surface area (Å²) in [6.07, 6.45) is 0.517. The SMILES string of the molecule is CC1CN(C(=O)c2ccc3cc(Br)ccc3c2)CCC1C(=O)O. The summed E-state index contributed by atoms with van der Waals surface area (Å²) in [7, 11) is 0. The van der Waals surface area contributed by atoms with Gasteiger partial charge in [0.1, 0.15) is 0 Å². The number of carbonyl (C=O) groups is 2. The van der Waals surface area contributed by atoms with Crippen molar-refractivity contribution in [1.29, 1.82) is 0 Å². The van der Waals surface area contributed by atoms with Gasteiger partial charge in [0, 0.05) is 23.1 Å². The number of likely N-dealkylation sites (tertiary alicyclic amines) is 1. The highest BCUT2D eigenvalue weighted by molar-refractivity contribution is 9.10. The summed E-state index contributed by atoms with van der Waals surface area (Å²) in [5.41, 5.74) is 0.654. The molecule has 23 heavy (non-hydrogen) atoms. The topological polar surface area (TPSA) is 57.6 Å². The number of hydrogen-bond donors (Lipinski definition) is 1. The lowest BCUT2D eigenvalue weighted by Crippen LogP contribution is -2.45. The van der Waals surface area contributed by atoms with Crippen molar-refractivity contribution in [2.45, 2.75) is 13.3 Å². The fourth-order valence-electron chi connectivity index (χ4n) is 3.23. The number of amides is 1. The van der Waals surface area contributed by atoms with Gasteiger partial charge in [0.15, 0.2) is 0 Å². The number of rotatable bonds is 2. The molecule has 1 amide bonds. The number of hydrogen-bond acceptors (Lipinski definition) is 2. The standard InChI is InChI=1S/C18H18BrNO3/c1-11-10-20(7-6-16(11)18(22)23)17(21)14-3-2-13-9-15(19)5-4-12(13)8-14/h2-5,8-9,11,16H,6-7,10H2,1H3,(H,22,23). The van der Waals surface area contributed by atoms with Gasteiger partial charge in [-0.25, -0.2) is 0 Å². The van der Waals surface area contributed by atoms with Crippen LogP contribution in [0.25, 0.3) is 10.8 Å². The zero-order valence-electron chi connectivity index (χ0n) is 12.8. The number of carboxylic acid groups (broad SMARTS) is 1. The van der Waals surface area contributed by atoms with Crippen molar-refractivity contribution in [2.75, 3.05) is 13.1 Å². The summed E-state index contributed by atoms with van der Waals surface area (Å²) in [5.74, 6) is -1.17. The molecule has 1 aliphatic rings. The number of benzene rings is 2. The van der Waals surface area contributed by atoms with E-state index in [2.05, 4.69) is 15.9 Å². The lowest BCUT2D eigenvalue weighted by molar-refractivity contribution is -0.145. The van der Waals surface area contributed by atoms with E-state index in [0.717, 1.165) is 15.2 Å². The van der Waals surface area contributed by atoms with E-state index in [1.165, 1.54) is 0 Å². The average molecular weight is 376 g/mol. The fraction of sp³-hybridized carbons (Fsp3) is 0.333. The Morgan fingerprint density at radius 3 is 2.57 bits per heavy atom. The molecule has 0 radical (unpaired) electrons.